The van der Waals surface area contributed by atoms with Gasteiger partial charge in [-0.05, 0) is 43.5 Å². The molecule has 1 saturated carbocycles. The number of hydrogen-bond donors (Lipinski definition) is 1. The van der Waals surface area contributed by atoms with Gasteiger partial charge in [0.25, 0.3) is 0 Å². The number of fused-ring (bicyclic) bond motifs is 1. The third-order valence-electron chi connectivity index (χ3n) is 5.72. The van der Waals surface area contributed by atoms with Crippen molar-refractivity contribution in [2.24, 2.45) is 0 Å². The molecule has 1 aromatic carbocycles. The molecule has 1 amide bonds. The van der Waals surface area contributed by atoms with E-state index in [-0.39, 0.29) is 40.0 Å². The molecule has 3 aromatic heterocycles. The number of hydrogen-bond acceptors (Lipinski definition) is 4. The Morgan fingerprint density at radius 1 is 1.23 bits per heavy atom. The third kappa shape index (κ3) is 5.06. The number of nitrogens with one attached hydrogen (secondary N) is 1. The second-order valence-corrected chi connectivity index (χ2v) is 9.83. The van der Waals surface area contributed by atoms with E-state index in [0.717, 1.165) is 28.9 Å². The number of pyridine rings is 1. The van der Waals surface area contributed by atoms with Crippen molar-refractivity contribution in [1.29, 1.82) is 0 Å². The summed E-state index contributed by atoms with van der Waals surface area (Å²) in [4.78, 5) is 17.2. The van der Waals surface area contributed by atoms with Gasteiger partial charge in [0.15, 0.2) is 11.5 Å². The normalized spacial score (nSPS) is 14.0. The van der Waals surface area contributed by atoms with Crippen LogP contribution in [0.5, 0.6) is 0 Å². The largest absolute Gasteiger partial charge is 0.417 e. The molecule has 0 bridgehead atoms. The van der Waals surface area contributed by atoms with Gasteiger partial charge in [0, 0.05) is 22.3 Å². The average molecular weight is 568 g/mol. The van der Waals surface area contributed by atoms with Gasteiger partial charge in [-0.15, -0.1) is 0 Å². The van der Waals surface area contributed by atoms with Gasteiger partial charge in [0.05, 0.1) is 23.2 Å². The fourth-order valence-corrected chi connectivity index (χ4v) is 4.40. The first-order valence-electron chi connectivity index (χ1n) is 10.8. The Hall–Kier alpha value is -2.92. The topological polar surface area (TPSA) is 77.6 Å². The number of rotatable bonds is 6. The standard InChI is InChI=1S/C23H19BrClF3N6O/c1-12-20-16(23(26,27)28)8-18(14-4-5-14)29-22(20)34(31-12)11-19(35)30-21-17(25)10-33(32-21)9-13-2-6-15(24)7-3-13/h2-3,6-8,10,14H,4-5,9,11H2,1H3,(H,30,32,35). The molecule has 0 saturated heterocycles. The van der Waals surface area contributed by atoms with Crippen molar-refractivity contribution in [2.45, 2.75) is 44.9 Å². The van der Waals surface area contributed by atoms with Crippen LogP contribution in [0.3, 0.4) is 0 Å². The highest BCUT2D eigenvalue weighted by Crippen LogP contribution is 2.43. The Kier molecular flexibility index (Phi) is 6.08. The average Bonchev–Trinajstić information content (AvgIpc) is 3.52. The highest BCUT2D eigenvalue weighted by atomic mass is 79.9. The first-order chi connectivity index (χ1) is 16.6. The van der Waals surface area contributed by atoms with Gasteiger partial charge in [-0.25, -0.2) is 9.67 Å². The summed E-state index contributed by atoms with van der Waals surface area (Å²) in [5, 5.41) is 11.3. The molecule has 0 atom stereocenters. The molecule has 7 nitrogen and oxygen atoms in total. The van der Waals surface area contributed by atoms with Crippen LogP contribution < -0.4 is 5.32 Å². The van der Waals surface area contributed by atoms with Crippen molar-refractivity contribution in [3.8, 4) is 0 Å². The fourth-order valence-electron chi connectivity index (χ4n) is 3.94. The highest BCUT2D eigenvalue weighted by molar-refractivity contribution is 9.10. The monoisotopic (exact) mass is 566 g/mol. The Morgan fingerprint density at radius 3 is 2.60 bits per heavy atom. The van der Waals surface area contributed by atoms with Crippen LogP contribution in [-0.4, -0.2) is 30.5 Å². The molecule has 12 heteroatoms. The number of benzene rings is 1. The van der Waals surface area contributed by atoms with Gasteiger partial charge in [0.1, 0.15) is 11.6 Å². The Bertz CT molecular complexity index is 1430. The number of nitrogens with zero attached hydrogens (tertiary/aromatic N) is 5. The van der Waals surface area contributed by atoms with Crippen LogP contribution in [0.15, 0.2) is 41.0 Å². The van der Waals surface area contributed by atoms with E-state index in [9.17, 15) is 18.0 Å². The first kappa shape index (κ1) is 23.8. The van der Waals surface area contributed by atoms with Gasteiger partial charge in [0.2, 0.25) is 5.91 Å². The predicted molar refractivity (Wildman–Crippen MR) is 128 cm³/mol. The van der Waals surface area contributed by atoms with Crippen molar-refractivity contribution < 1.29 is 18.0 Å². The van der Waals surface area contributed by atoms with E-state index >= 15 is 0 Å². The molecule has 1 N–H and O–H groups in total. The molecule has 182 valence electrons. The maximum absolute atomic E-state index is 13.8. The molecular formula is C23H19BrClF3N6O. The van der Waals surface area contributed by atoms with Crippen LogP contribution in [0.1, 0.15) is 41.3 Å². The van der Waals surface area contributed by atoms with Crippen molar-refractivity contribution in [1.82, 2.24) is 24.5 Å². The van der Waals surface area contributed by atoms with Crippen molar-refractivity contribution in [3.63, 3.8) is 0 Å². The second kappa shape index (κ2) is 8.94. The Morgan fingerprint density at radius 2 is 1.94 bits per heavy atom. The van der Waals surface area contributed by atoms with Crippen molar-refractivity contribution in [3.05, 3.63) is 68.5 Å². The van der Waals surface area contributed by atoms with E-state index in [4.69, 9.17) is 11.6 Å². The molecular weight excluding hydrogens is 549 g/mol. The molecule has 0 spiro atoms. The second-order valence-electron chi connectivity index (χ2n) is 8.51. The number of carbonyl (C=O) groups is 1. The van der Waals surface area contributed by atoms with E-state index in [0.29, 0.717) is 12.2 Å². The summed E-state index contributed by atoms with van der Waals surface area (Å²) in [6.45, 7) is 1.59. The van der Waals surface area contributed by atoms with Gasteiger partial charge in [-0.2, -0.15) is 23.4 Å². The molecule has 0 radical (unpaired) electrons. The van der Waals surface area contributed by atoms with Crippen LogP contribution >= 0.6 is 27.5 Å². The molecule has 5 rings (SSSR count). The summed E-state index contributed by atoms with van der Waals surface area (Å²) in [6, 6.07) is 8.79. The summed E-state index contributed by atoms with van der Waals surface area (Å²) in [5.74, 6) is -0.367. The van der Waals surface area contributed by atoms with E-state index in [1.165, 1.54) is 11.6 Å². The fraction of sp³-hybridized carbons (Fsp3) is 0.304. The van der Waals surface area contributed by atoms with Gasteiger partial charge < -0.3 is 5.32 Å². The SMILES string of the molecule is Cc1nn(CC(=O)Nc2nn(Cc3ccc(Br)cc3)cc2Cl)c2nc(C3CC3)cc(C(F)(F)F)c12. The third-order valence-corrected chi connectivity index (χ3v) is 6.53. The lowest BCUT2D eigenvalue weighted by Gasteiger charge is -2.11. The Balaban J connectivity index is 1.38. The lowest BCUT2D eigenvalue weighted by Crippen LogP contribution is -2.20. The summed E-state index contributed by atoms with van der Waals surface area (Å²) < 4.78 is 45.1. The number of alkyl halides is 3. The molecule has 0 unspecified atom stereocenters. The minimum atomic E-state index is -4.55. The van der Waals surface area contributed by atoms with Crippen LogP contribution in [0.25, 0.3) is 11.0 Å². The summed E-state index contributed by atoms with van der Waals surface area (Å²) in [6.07, 6.45) is -1.37. The van der Waals surface area contributed by atoms with Crippen molar-refractivity contribution in [2.75, 3.05) is 5.32 Å². The minimum Gasteiger partial charge on any atom is -0.306 e. The predicted octanol–water partition coefficient (Wildman–Crippen LogP) is 5.94. The summed E-state index contributed by atoms with van der Waals surface area (Å²) in [7, 11) is 0. The molecule has 1 fully saturated rings. The van der Waals surface area contributed by atoms with Crippen LogP contribution in [0.4, 0.5) is 19.0 Å². The van der Waals surface area contributed by atoms with E-state index in [1.54, 1.807) is 10.9 Å². The first-order valence-corrected chi connectivity index (χ1v) is 12.0. The number of halogens is 5. The molecule has 3 heterocycles. The number of anilines is 1. The smallest absolute Gasteiger partial charge is 0.306 e. The van der Waals surface area contributed by atoms with Crippen LogP contribution in [0, 0.1) is 6.92 Å². The number of amides is 1. The van der Waals surface area contributed by atoms with Crippen LogP contribution in [0.2, 0.25) is 5.02 Å². The summed E-state index contributed by atoms with van der Waals surface area (Å²) >= 11 is 9.64. The Labute approximate surface area is 211 Å². The van der Waals surface area contributed by atoms with E-state index in [1.807, 2.05) is 24.3 Å². The lowest BCUT2D eigenvalue weighted by atomic mass is 10.1. The lowest BCUT2D eigenvalue weighted by molar-refractivity contribution is -0.136. The zero-order valence-corrected chi connectivity index (χ0v) is 20.7. The number of aromatic nitrogens is 5. The molecule has 1 aliphatic carbocycles. The highest BCUT2D eigenvalue weighted by Gasteiger charge is 2.37. The zero-order chi connectivity index (χ0) is 24.9. The molecule has 1 aliphatic rings. The molecule has 35 heavy (non-hydrogen) atoms. The maximum atomic E-state index is 13.8. The maximum Gasteiger partial charge on any atom is 0.417 e. The quantitative estimate of drug-likeness (QED) is 0.313. The minimum absolute atomic E-state index is 0.00600. The molecule has 0 aliphatic heterocycles. The molecule has 4 aromatic rings. The van der Waals surface area contributed by atoms with Gasteiger partial charge in [-0.3, -0.25) is 9.48 Å². The number of carbonyl (C=O) groups excluding carboxylic acids is 1. The van der Waals surface area contributed by atoms with E-state index in [2.05, 4.69) is 36.4 Å². The number of aryl methyl sites for hydroxylation is 1. The van der Waals surface area contributed by atoms with Gasteiger partial charge in [-0.1, -0.05) is 39.7 Å². The van der Waals surface area contributed by atoms with Crippen LogP contribution in [-0.2, 0) is 24.1 Å². The van der Waals surface area contributed by atoms with E-state index < -0.39 is 17.6 Å². The van der Waals surface area contributed by atoms with Crippen molar-refractivity contribution >= 4 is 50.3 Å². The van der Waals surface area contributed by atoms with Gasteiger partial charge >= 0.3 is 6.18 Å². The zero-order valence-electron chi connectivity index (χ0n) is 18.4. The summed E-state index contributed by atoms with van der Waals surface area (Å²) in [5.41, 5.74) is 0.791.